The standard InChI is InChI=1S/C15H17Cl2NO3/c1-15(7-3-2-4-11(15)14(20)21)18-13(19)10-6-5-9(16)8-12(10)17/h5-6,8,11H,2-4,7H2,1H3,(H,18,19)(H,20,21). The van der Waals surface area contributed by atoms with E-state index in [4.69, 9.17) is 23.2 Å². The number of hydrogen-bond donors (Lipinski definition) is 2. The normalized spacial score (nSPS) is 25.4. The molecule has 6 heteroatoms. The molecule has 114 valence electrons. The number of amides is 1. The van der Waals surface area contributed by atoms with Crippen LogP contribution >= 0.6 is 23.2 Å². The second-order valence-corrected chi connectivity index (χ2v) is 6.48. The van der Waals surface area contributed by atoms with Crippen LogP contribution in [0.2, 0.25) is 10.0 Å². The predicted octanol–water partition coefficient (Wildman–Crippen LogP) is 3.76. The summed E-state index contributed by atoms with van der Waals surface area (Å²) in [6.07, 6.45) is 2.97. The van der Waals surface area contributed by atoms with Gasteiger partial charge in [0.25, 0.3) is 5.91 Å². The van der Waals surface area contributed by atoms with E-state index in [1.165, 1.54) is 6.07 Å². The molecule has 1 fully saturated rings. The molecule has 2 N–H and O–H groups in total. The van der Waals surface area contributed by atoms with Crippen LogP contribution in [-0.2, 0) is 4.79 Å². The third-order valence-electron chi connectivity index (χ3n) is 4.08. The Kier molecular flexibility index (Phi) is 4.79. The molecule has 1 saturated carbocycles. The van der Waals surface area contributed by atoms with Crippen molar-refractivity contribution in [2.24, 2.45) is 5.92 Å². The van der Waals surface area contributed by atoms with Crippen LogP contribution in [0.3, 0.4) is 0 Å². The lowest BCUT2D eigenvalue weighted by Gasteiger charge is -2.39. The van der Waals surface area contributed by atoms with Crippen molar-refractivity contribution in [3.05, 3.63) is 33.8 Å². The summed E-state index contributed by atoms with van der Waals surface area (Å²) < 4.78 is 0. The highest BCUT2D eigenvalue weighted by molar-refractivity contribution is 6.36. The molecule has 0 aliphatic heterocycles. The Morgan fingerprint density at radius 3 is 2.67 bits per heavy atom. The smallest absolute Gasteiger partial charge is 0.308 e. The minimum atomic E-state index is -0.875. The average molecular weight is 330 g/mol. The fraction of sp³-hybridized carbons (Fsp3) is 0.467. The van der Waals surface area contributed by atoms with E-state index in [-0.39, 0.29) is 10.9 Å². The number of carboxylic acid groups (broad SMARTS) is 1. The van der Waals surface area contributed by atoms with E-state index in [0.29, 0.717) is 23.4 Å². The molecule has 0 spiro atoms. The molecule has 2 rings (SSSR count). The molecular formula is C15H17Cl2NO3. The Morgan fingerprint density at radius 1 is 1.33 bits per heavy atom. The SMILES string of the molecule is CC1(NC(=O)c2ccc(Cl)cc2Cl)CCCCC1C(=O)O. The Morgan fingerprint density at radius 2 is 2.05 bits per heavy atom. The Bertz CT molecular complexity index is 576. The predicted molar refractivity (Wildman–Crippen MR) is 81.9 cm³/mol. The van der Waals surface area contributed by atoms with Crippen molar-refractivity contribution in [1.29, 1.82) is 0 Å². The van der Waals surface area contributed by atoms with Gasteiger partial charge in [-0.2, -0.15) is 0 Å². The summed E-state index contributed by atoms with van der Waals surface area (Å²) in [4.78, 5) is 23.8. The molecule has 1 aliphatic carbocycles. The number of aliphatic carboxylic acids is 1. The van der Waals surface area contributed by atoms with E-state index >= 15 is 0 Å². The number of carboxylic acids is 1. The lowest BCUT2D eigenvalue weighted by molar-refractivity contribution is -0.145. The van der Waals surface area contributed by atoms with E-state index < -0.39 is 17.4 Å². The van der Waals surface area contributed by atoms with Crippen molar-refractivity contribution < 1.29 is 14.7 Å². The van der Waals surface area contributed by atoms with Crippen molar-refractivity contribution in [3.8, 4) is 0 Å². The Balaban J connectivity index is 2.22. The van der Waals surface area contributed by atoms with Crippen molar-refractivity contribution in [2.45, 2.75) is 38.1 Å². The molecule has 2 unspecified atom stereocenters. The number of benzene rings is 1. The van der Waals surface area contributed by atoms with Crippen LogP contribution in [0.1, 0.15) is 43.0 Å². The van der Waals surface area contributed by atoms with Gasteiger partial charge in [0.2, 0.25) is 0 Å². The van der Waals surface area contributed by atoms with Crippen LogP contribution in [-0.4, -0.2) is 22.5 Å². The van der Waals surface area contributed by atoms with Crippen LogP contribution in [0.5, 0.6) is 0 Å². The molecule has 1 aliphatic rings. The number of rotatable bonds is 3. The minimum Gasteiger partial charge on any atom is -0.481 e. The molecule has 0 saturated heterocycles. The third-order valence-corrected chi connectivity index (χ3v) is 4.63. The first-order valence-electron chi connectivity index (χ1n) is 6.84. The van der Waals surface area contributed by atoms with Gasteiger partial charge >= 0.3 is 5.97 Å². The van der Waals surface area contributed by atoms with Crippen molar-refractivity contribution >= 4 is 35.1 Å². The van der Waals surface area contributed by atoms with Crippen LogP contribution in [0.4, 0.5) is 0 Å². The minimum absolute atomic E-state index is 0.256. The molecule has 1 aromatic rings. The van der Waals surface area contributed by atoms with E-state index in [9.17, 15) is 14.7 Å². The van der Waals surface area contributed by atoms with Crippen molar-refractivity contribution in [2.75, 3.05) is 0 Å². The summed E-state index contributed by atoms with van der Waals surface area (Å²) in [5.41, 5.74) is -0.457. The molecule has 0 bridgehead atoms. The van der Waals surface area contributed by atoms with E-state index in [0.717, 1.165) is 12.8 Å². The zero-order chi connectivity index (χ0) is 15.6. The third kappa shape index (κ3) is 3.50. The molecule has 21 heavy (non-hydrogen) atoms. The first-order valence-corrected chi connectivity index (χ1v) is 7.59. The second-order valence-electron chi connectivity index (χ2n) is 5.63. The van der Waals surface area contributed by atoms with Gasteiger partial charge in [-0.15, -0.1) is 0 Å². The molecule has 1 aromatic carbocycles. The molecule has 4 nitrogen and oxygen atoms in total. The number of hydrogen-bond acceptors (Lipinski definition) is 2. The lowest BCUT2D eigenvalue weighted by atomic mass is 9.73. The van der Waals surface area contributed by atoms with Gasteiger partial charge in [0.15, 0.2) is 0 Å². The maximum absolute atomic E-state index is 12.4. The maximum atomic E-state index is 12.4. The molecule has 1 amide bonds. The Labute approximate surface area is 133 Å². The molecule has 0 radical (unpaired) electrons. The van der Waals surface area contributed by atoms with Gasteiger partial charge in [0, 0.05) is 5.02 Å². The molecule has 0 aromatic heterocycles. The van der Waals surface area contributed by atoms with Gasteiger partial charge in [-0.1, -0.05) is 36.0 Å². The van der Waals surface area contributed by atoms with Gasteiger partial charge in [0.1, 0.15) is 0 Å². The van der Waals surface area contributed by atoms with E-state index in [1.54, 1.807) is 19.1 Å². The number of halogens is 2. The summed E-state index contributed by atoms with van der Waals surface area (Å²) in [5, 5.41) is 12.9. The summed E-state index contributed by atoms with van der Waals surface area (Å²) in [5.74, 6) is -1.83. The van der Waals surface area contributed by atoms with Crippen LogP contribution in [0.25, 0.3) is 0 Å². The van der Waals surface area contributed by atoms with Gasteiger partial charge in [-0.25, -0.2) is 0 Å². The first-order chi connectivity index (χ1) is 9.83. The highest BCUT2D eigenvalue weighted by atomic mass is 35.5. The second kappa shape index (κ2) is 6.24. The van der Waals surface area contributed by atoms with Gasteiger partial charge < -0.3 is 10.4 Å². The molecule has 0 heterocycles. The fourth-order valence-corrected chi connectivity index (χ4v) is 3.37. The highest BCUT2D eigenvalue weighted by Gasteiger charge is 2.42. The Hall–Kier alpha value is -1.26. The zero-order valence-corrected chi connectivity index (χ0v) is 13.2. The maximum Gasteiger partial charge on any atom is 0.308 e. The summed E-state index contributed by atoms with van der Waals surface area (Å²) in [6.45, 7) is 1.78. The molecular weight excluding hydrogens is 313 g/mol. The van der Waals surface area contributed by atoms with Gasteiger partial charge in [-0.05, 0) is 38.0 Å². The van der Waals surface area contributed by atoms with E-state index in [1.807, 2.05) is 0 Å². The summed E-state index contributed by atoms with van der Waals surface area (Å²) in [7, 11) is 0. The van der Waals surface area contributed by atoms with Crippen LogP contribution < -0.4 is 5.32 Å². The number of carbonyl (C=O) groups excluding carboxylic acids is 1. The first kappa shape index (κ1) is 16.1. The summed E-state index contributed by atoms with van der Waals surface area (Å²) >= 11 is 11.8. The zero-order valence-electron chi connectivity index (χ0n) is 11.7. The fourth-order valence-electron chi connectivity index (χ4n) is 2.88. The van der Waals surface area contributed by atoms with Crippen molar-refractivity contribution in [1.82, 2.24) is 5.32 Å². The lowest BCUT2D eigenvalue weighted by Crippen LogP contribution is -2.55. The monoisotopic (exact) mass is 329 g/mol. The summed E-state index contributed by atoms with van der Waals surface area (Å²) in [6, 6.07) is 4.62. The highest BCUT2D eigenvalue weighted by Crippen LogP contribution is 2.34. The number of carbonyl (C=O) groups is 2. The van der Waals surface area contributed by atoms with Gasteiger partial charge in [-0.3, -0.25) is 9.59 Å². The van der Waals surface area contributed by atoms with E-state index in [2.05, 4.69) is 5.32 Å². The average Bonchev–Trinajstić information content (AvgIpc) is 2.37. The van der Waals surface area contributed by atoms with Gasteiger partial charge in [0.05, 0.1) is 22.0 Å². The quantitative estimate of drug-likeness (QED) is 0.887. The topological polar surface area (TPSA) is 66.4 Å². The number of nitrogens with one attached hydrogen (secondary N) is 1. The largest absolute Gasteiger partial charge is 0.481 e. The molecule has 2 atom stereocenters. The van der Waals surface area contributed by atoms with Crippen LogP contribution in [0, 0.1) is 5.92 Å². The van der Waals surface area contributed by atoms with Crippen LogP contribution in [0.15, 0.2) is 18.2 Å². The van der Waals surface area contributed by atoms with Crippen molar-refractivity contribution in [3.63, 3.8) is 0 Å².